The average molecular weight is 424 g/mol. The minimum Gasteiger partial charge on any atom is -0.394 e. The molecule has 2 amide bonds. The number of rotatable bonds is 6. The first kappa shape index (κ1) is 23.9. The molecule has 13 heteroatoms. The van der Waals surface area contributed by atoms with E-state index in [1.54, 1.807) is 0 Å². The highest BCUT2D eigenvalue weighted by molar-refractivity contribution is 5.73. The fourth-order valence-corrected chi connectivity index (χ4v) is 3.38. The van der Waals surface area contributed by atoms with E-state index in [-0.39, 0.29) is 0 Å². The monoisotopic (exact) mass is 424 g/mol. The van der Waals surface area contributed by atoms with Gasteiger partial charge in [0, 0.05) is 13.8 Å². The summed E-state index contributed by atoms with van der Waals surface area (Å²) in [4.78, 5) is 23.0. The van der Waals surface area contributed by atoms with Crippen molar-refractivity contribution in [2.45, 2.75) is 75.1 Å². The second-order valence-electron chi connectivity index (χ2n) is 7.00. The first-order valence-electron chi connectivity index (χ1n) is 9.05. The number of carbonyl (C=O) groups is 2. The van der Waals surface area contributed by atoms with E-state index in [0.29, 0.717) is 0 Å². The number of aliphatic hydroxyl groups is 6. The fraction of sp³-hybridized carbons (Fsp3) is 0.875. The zero-order valence-corrected chi connectivity index (χ0v) is 15.9. The van der Waals surface area contributed by atoms with Crippen molar-refractivity contribution in [1.29, 1.82) is 0 Å². The zero-order chi connectivity index (χ0) is 21.9. The van der Waals surface area contributed by atoms with Gasteiger partial charge in [-0.15, -0.1) is 0 Å². The molecule has 8 N–H and O–H groups in total. The summed E-state index contributed by atoms with van der Waals surface area (Å²) in [5.74, 6) is -1.16. The van der Waals surface area contributed by atoms with Gasteiger partial charge in [0.05, 0.1) is 13.2 Å². The summed E-state index contributed by atoms with van der Waals surface area (Å²) in [5, 5.41) is 64.5. The van der Waals surface area contributed by atoms with Gasteiger partial charge in [-0.25, -0.2) is 0 Å². The Morgan fingerprint density at radius 2 is 1.34 bits per heavy atom. The zero-order valence-electron chi connectivity index (χ0n) is 15.9. The Hall–Kier alpha value is -1.42. The number of amides is 2. The molecule has 2 saturated heterocycles. The molecule has 2 fully saturated rings. The van der Waals surface area contributed by atoms with Gasteiger partial charge in [0.25, 0.3) is 0 Å². The molecule has 13 nitrogen and oxygen atoms in total. The SMILES string of the molecule is CC(=O)N[C@@H]1[C@H](O[C@@H]2[C@H](O)[C@H](CO)O[C@H](O)[C@@H]2NC(C)=O)O[C@H](CO)[C@@H](O)[C@H]1O. The molecule has 0 aliphatic carbocycles. The van der Waals surface area contributed by atoms with E-state index in [0.717, 1.165) is 13.8 Å². The molecule has 2 aliphatic rings. The minimum absolute atomic E-state index is 0.576. The molecule has 168 valence electrons. The molecule has 0 radical (unpaired) electrons. The number of hydrogen-bond acceptors (Lipinski definition) is 11. The van der Waals surface area contributed by atoms with Gasteiger partial charge in [-0.05, 0) is 0 Å². The lowest BCUT2D eigenvalue weighted by molar-refractivity contribution is -0.323. The van der Waals surface area contributed by atoms with Gasteiger partial charge in [0.15, 0.2) is 12.6 Å². The number of aliphatic hydroxyl groups excluding tert-OH is 6. The van der Waals surface area contributed by atoms with Crippen LogP contribution >= 0.6 is 0 Å². The number of carbonyl (C=O) groups excluding carboxylic acids is 2. The molecule has 10 atom stereocenters. The summed E-state index contributed by atoms with van der Waals surface area (Å²) in [6.45, 7) is 0.959. The van der Waals surface area contributed by atoms with Crippen LogP contribution < -0.4 is 10.6 Å². The van der Waals surface area contributed by atoms with Crippen molar-refractivity contribution < 1.29 is 54.4 Å². The van der Waals surface area contributed by atoms with E-state index in [1.165, 1.54) is 0 Å². The Balaban J connectivity index is 2.31. The highest BCUT2D eigenvalue weighted by Crippen LogP contribution is 2.28. The third-order valence-electron chi connectivity index (χ3n) is 4.78. The maximum atomic E-state index is 11.5. The van der Waals surface area contributed by atoms with Crippen LogP contribution in [0.25, 0.3) is 0 Å². The summed E-state index contributed by atoms with van der Waals surface area (Å²) < 4.78 is 16.2. The Morgan fingerprint density at radius 3 is 1.86 bits per heavy atom. The maximum absolute atomic E-state index is 11.5. The van der Waals surface area contributed by atoms with Crippen molar-refractivity contribution in [3.63, 3.8) is 0 Å². The Kier molecular flexibility index (Phi) is 8.28. The molecular formula is C16H28N2O11. The van der Waals surface area contributed by atoms with Crippen LogP contribution in [0.5, 0.6) is 0 Å². The molecule has 0 spiro atoms. The largest absolute Gasteiger partial charge is 0.394 e. The van der Waals surface area contributed by atoms with E-state index < -0.39 is 86.3 Å². The van der Waals surface area contributed by atoms with Gasteiger partial charge in [-0.2, -0.15) is 0 Å². The molecule has 2 aliphatic heterocycles. The lowest BCUT2D eigenvalue weighted by Crippen LogP contribution is -2.69. The smallest absolute Gasteiger partial charge is 0.217 e. The number of hydrogen-bond donors (Lipinski definition) is 8. The minimum atomic E-state index is -1.66. The predicted molar refractivity (Wildman–Crippen MR) is 91.8 cm³/mol. The third kappa shape index (κ3) is 5.39. The number of ether oxygens (including phenoxy) is 3. The number of nitrogens with one attached hydrogen (secondary N) is 2. The van der Waals surface area contributed by atoms with Crippen molar-refractivity contribution >= 4 is 11.8 Å². The van der Waals surface area contributed by atoms with Crippen molar-refractivity contribution in [3.8, 4) is 0 Å². The van der Waals surface area contributed by atoms with Crippen LogP contribution in [0.1, 0.15) is 13.8 Å². The molecule has 0 aromatic heterocycles. The normalized spacial score (nSPS) is 42.9. The quantitative estimate of drug-likeness (QED) is 0.202. The van der Waals surface area contributed by atoms with Gasteiger partial charge in [0.2, 0.25) is 11.8 Å². The second-order valence-corrected chi connectivity index (χ2v) is 7.00. The summed E-state index contributed by atoms with van der Waals surface area (Å²) in [5.41, 5.74) is 0. The van der Waals surface area contributed by atoms with E-state index >= 15 is 0 Å². The first-order chi connectivity index (χ1) is 13.6. The first-order valence-corrected chi connectivity index (χ1v) is 9.05. The molecule has 2 rings (SSSR count). The second kappa shape index (κ2) is 10.1. The van der Waals surface area contributed by atoms with Crippen LogP contribution in [0.2, 0.25) is 0 Å². The highest BCUT2D eigenvalue weighted by Gasteiger charge is 2.51. The lowest BCUT2D eigenvalue weighted by Gasteiger charge is -2.47. The van der Waals surface area contributed by atoms with Gasteiger partial charge >= 0.3 is 0 Å². The Morgan fingerprint density at radius 1 is 0.828 bits per heavy atom. The Bertz CT molecular complexity index is 579. The average Bonchev–Trinajstić information content (AvgIpc) is 2.65. The van der Waals surface area contributed by atoms with Crippen molar-refractivity contribution in [2.24, 2.45) is 0 Å². The van der Waals surface area contributed by atoms with E-state index in [1.807, 2.05) is 0 Å². The van der Waals surface area contributed by atoms with Crippen LogP contribution in [0.3, 0.4) is 0 Å². The van der Waals surface area contributed by atoms with Crippen LogP contribution in [-0.4, -0.2) is 117 Å². The van der Waals surface area contributed by atoms with Crippen LogP contribution in [0.15, 0.2) is 0 Å². The molecule has 0 unspecified atom stereocenters. The third-order valence-corrected chi connectivity index (χ3v) is 4.78. The van der Waals surface area contributed by atoms with Gasteiger partial charge in [-0.1, -0.05) is 0 Å². The highest BCUT2D eigenvalue weighted by atomic mass is 16.7. The summed E-state index contributed by atoms with van der Waals surface area (Å²) >= 11 is 0. The van der Waals surface area contributed by atoms with Crippen LogP contribution in [-0.2, 0) is 23.8 Å². The molecule has 0 bridgehead atoms. The van der Waals surface area contributed by atoms with Gasteiger partial charge in [-0.3, -0.25) is 9.59 Å². The van der Waals surface area contributed by atoms with E-state index in [4.69, 9.17) is 14.2 Å². The summed E-state index contributed by atoms with van der Waals surface area (Å²) in [6, 6.07) is -2.59. The maximum Gasteiger partial charge on any atom is 0.217 e. The Labute approximate surface area is 166 Å². The predicted octanol–water partition coefficient (Wildman–Crippen LogP) is -5.11. The molecule has 2 heterocycles. The fourth-order valence-electron chi connectivity index (χ4n) is 3.38. The summed E-state index contributed by atoms with van der Waals surface area (Å²) in [7, 11) is 0. The van der Waals surface area contributed by atoms with E-state index in [2.05, 4.69) is 10.6 Å². The van der Waals surface area contributed by atoms with Crippen LogP contribution in [0.4, 0.5) is 0 Å². The van der Waals surface area contributed by atoms with Crippen molar-refractivity contribution in [2.75, 3.05) is 13.2 Å². The van der Waals surface area contributed by atoms with Gasteiger partial charge in [0.1, 0.15) is 48.7 Å². The van der Waals surface area contributed by atoms with Gasteiger partial charge < -0.3 is 55.5 Å². The standard InChI is InChI=1S/C16H28N2O11/c1-5(21)17-9-13(25)11(23)7(3-19)28-16(9)29-14-10(18-6(2)22)15(26)27-8(4-20)12(14)24/h7-16,19-20,23-26H,3-4H2,1-2H3,(H,17,21)(H,18,22)/t7-,8+,9+,10-,11-,12-,13+,14+,15+,16+/m1/s1. The molecule has 0 aromatic carbocycles. The van der Waals surface area contributed by atoms with Crippen molar-refractivity contribution in [3.05, 3.63) is 0 Å². The molecule has 0 saturated carbocycles. The van der Waals surface area contributed by atoms with E-state index in [9.17, 15) is 40.2 Å². The van der Waals surface area contributed by atoms with Crippen molar-refractivity contribution in [1.82, 2.24) is 10.6 Å². The molecule has 0 aromatic rings. The summed E-state index contributed by atoms with van der Waals surface area (Å²) in [6.07, 6.45) is -11.8. The molecule has 29 heavy (non-hydrogen) atoms. The lowest BCUT2D eigenvalue weighted by atomic mass is 9.94. The topological polar surface area (TPSA) is 207 Å². The van der Waals surface area contributed by atoms with Crippen LogP contribution in [0, 0.1) is 0 Å². The molecular weight excluding hydrogens is 396 g/mol.